The highest BCUT2D eigenvalue weighted by molar-refractivity contribution is 5.91. The average Bonchev–Trinajstić information content (AvgIpc) is 3.10. The molecule has 32 heavy (non-hydrogen) atoms. The number of rotatable bonds is 7. The molecular weight excluding hydrogens is 396 g/mol. The van der Waals surface area contributed by atoms with Crippen LogP contribution < -0.4 is 0 Å². The zero-order valence-electron chi connectivity index (χ0n) is 21.3. The molecule has 3 heteroatoms. The van der Waals surface area contributed by atoms with Gasteiger partial charge in [-0.05, 0) is 104 Å². The number of ketones is 1. The summed E-state index contributed by atoms with van der Waals surface area (Å²) in [4.78, 5) is 23.1. The van der Waals surface area contributed by atoms with E-state index in [-0.39, 0.29) is 5.97 Å². The Labute approximate surface area is 196 Å². The van der Waals surface area contributed by atoms with Gasteiger partial charge >= 0.3 is 5.97 Å². The van der Waals surface area contributed by atoms with Crippen LogP contribution in [0.4, 0.5) is 0 Å². The minimum absolute atomic E-state index is 0.162. The van der Waals surface area contributed by atoms with Crippen LogP contribution in [0.1, 0.15) is 105 Å². The van der Waals surface area contributed by atoms with E-state index in [1.54, 1.807) is 0 Å². The van der Waals surface area contributed by atoms with Crippen molar-refractivity contribution in [1.82, 2.24) is 0 Å². The molecular formula is C29H46O3. The largest absolute Gasteiger partial charge is 0.466 e. The molecule has 0 aromatic heterocycles. The first-order chi connectivity index (χ1) is 15.1. The lowest BCUT2D eigenvalue weighted by atomic mass is 9.46. The number of hydrogen-bond acceptors (Lipinski definition) is 3. The summed E-state index contributed by atoms with van der Waals surface area (Å²) in [6.45, 7) is 11.9. The molecule has 0 N–H and O–H groups in total. The summed E-state index contributed by atoms with van der Waals surface area (Å²) >= 11 is 0. The summed E-state index contributed by atoms with van der Waals surface area (Å²) in [6, 6.07) is 0. The molecule has 1 unspecified atom stereocenters. The Morgan fingerprint density at radius 1 is 1.06 bits per heavy atom. The van der Waals surface area contributed by atoms with Crippen LogP contribution in [0.5, 0.6) is 0 Å². The van der Waals surface area contributed by atoms with Crippen molar-refractivity contribution in [2.45, 2.75) is 105 Å². The molecule has 8 atom stereocenters. The lowest BCUT2D eigenvalue weighted by Gasteiger charge is -2.58. The Hall–Kier alpha value is -1.12. The van der Waals surface area contributed by atoms with E-state index in [0.717, 1.165) is 55.3 Å². The Morgan fingerprint density at radius 2 is 1.84 bits per heavy atom. The number of fused-ring (bicyclic) bond motifs is 5. The average molecular weight is 443 g/mol. The van der Waals surface area contributed by atoms with Crippen molar-refractivity contribution >= 4 is 11.8 Å². The van der Waals surface area contributed by atoms with Gasteiger partial charge in [-0.25, -0.2) is 0 Å². The minimum atomic E-state index is -0.162. The number of carbonyl (C=O) groups excluding carboxylic acids is 2. The Bertz CT molecular complexity index is 754. The smallest absolute Gasteiger partial charge is 0.302 e. The number of esters is 1. The van der Waals surface area contributed by atoms with E-state index in [1.165, 1.54) is 57.4 Å². The predicted octanol–water partition coefficient (Wildman–Crippen LogP) is 7.14. The van der Waals surface area contributed by atoms with E-state index in [2.05, 4.69) is 27.7 Å². The second-order valence-electron chi connectivity index (χ2n) is 12.5. The first-order valence-corrected chi connectivity index (χ1v) is 13.5. The van der Waals surface area contributed by atoms with Gasteiger partial charge in [-0.2, -0.15) is 0 Å². The molecule has 180 valence electrons. The Kier molecular flexibility index (Phi) is 6.95. The van der Waals surface area contributed by atoms with Gasteiger partial charge in [-0.1, -0.05) is 46.1 Å². The quantitative estimate of drug-likeness (QED) is 0.394. The van der Waals surface area contributed by atoms with Crippen molar-refractivity contribution in [1.29, 1.82) is 0 Å². The summed E-state index contributed by atoms with van der Waals surface area (Å²) in [5.74, 6) is 4.85. The van der Waals surface area contributed by atoms with Crippen LogP contribution in [0, 0.1) is 46.3 Å². The van der Waals surface area contributed by atoms with E-state index in [4.69, 9.17) is 4.74 Å². The monoisotopic (exact) mass is 442 g/mol. The molecule has 4 aliphatic carbocycles. The third-order valence-electron chi connectivity index (χ3n) is 10.6. The molecule has 0 amide bonds. The summed E-state index contributed by atoms with van der Waals surface area (Å²) in [5.41, 5.74) is 2.29. The first kappa shape index (κ1) is 24.0. The maximum atomic E-state index is 12.1. The van der Waals surface area contributed by atoms with Gasteiger partial charge in [0.25, 0.3) is 0 Å². The van der Waals surface area contributed by atoms with Crippen molar-refractivity contribution in [3.05, 3.63) is 11.6 Å². The van der Waals surface area contributed by atoms with Crippen LogP contribution in [0.15, 0.2) is 11.6 Å². The van der Waals surface area contributed by atoms with Gasteiger partial charge in [0, 0.05) is 13.3 Å². The van der Waals surface area contributed by atoms with E-state index in [9.17, 15) is 9.59 Å². The second-order valence-corrected chi connectivity index (χ2v) is 12.5. The summed E-state index contributed by atoms with van der Waals surface area (Å²) in [5, 5.41) is 0. The normalized spacial score (nSPS) is 40.5. The lowest BCUT2D eigenvalue weighted by Crippen LogP contribution is -2.50. The molecule has 3 nitrogen and oxygen atoms in total. The zero-order valence-corrected chi connectivity index (χ0v) is 21.3. The SMILES string of the molecule is CC(=O)OCC(C)CCC[C@@H](C)[C@H]1CC[C@H]2[C@@H]3CCC4=CC(=O)CC[C@]4(C)[C@H]3CC[C@]12C. The second kappa shape index (κ2) is 9.26. The van der Waals surface area contributed by atoms with Gasteiger partial charge in [0.15, 0.2) is 5.78 Å². The standard InChI is InChI=1S/C29H46O3/c1-19(18-32-21(3)30)7-6-8-20(2)25-11-12-26-24-10-9-22-17-23(31)13-15-28(22,4)27(24)14-16-29(25,26)5/h17,19-20,24-27H,6-16,18H2,1-5H3/t19?,20-,24+,25-,26+,27+,28+,29-/m1/s1. The van der Waals surface area contributed by atoms with E-state index in [0.29, 0.717) is 29.1 Å². The molecule has 4 aliphatic rings. The fourth-order valence-electron chi connectivity index (χ4n) is 8.87. The van der Waals surface area contributed by atoms with Gasteiger partial charge < -0.3 is 4.74 Å². The molecule has 0 aromatic rings. The molecule has 0 radical (unpaired) electrons. The van der Waals surface area contributed by atoms with E-state index in [1.807, 2.05) is 6.08 Å². The number of ether oxygens (including phenoxy) is 1. The summed E-state index contributed by atoms with van der Waals surface area (Å²) in [7, 11) is 0. The summed E-state index contributed by atoms with van der Waals surface area (Å²) < 4.78 is 5.19. The van der Waals surface area contributed by atoms with Crippen molar-refractivity contribution in [2.75, 3.05) is 6.61 Å². The summed E-state index contributed by atoms with van der Waals surface area (Å²) in [6.07, 6.45) is 15.6. The number of carbonyl (C=O) groups is 2. The lowest BCUT2D eigenvalue weighted by molar-refractivity contribution is -0.142. The molecule has 0 aromatic carbocycles. The topological polar surface area (TPSA) is 43.4 Å². The van der Waals surface area contributed by atoms with Gasteiger partial charge in [-0.3, -0.25) is 9.59 Å². The fourth-order valence-corrected chi connectivity index (χ4v) is 8.87. The third-order valence-corrected chi connectivity index (χ3v) is 10.6. The van der Waals surface area contributed by atoms with Gasteiger partial charge in [0.1, 0.15) is 0 Å². The van der Waals surface area contributed by atoms with Crippen LogP contribution >= 0.6 is 0 Å². The van der Waals surface area contributed by atoms with Gasteiger partial charge in [-0.15, -0.1) is 0 Å². The van der Waals surface area contributed by atoms with Gasteiger partial charge in [0.05, 0.1) is 6.61 Å². The van der Waals surface area contributed by atoms with Crippen LogP contribution in [0.25, 0.3) is 0 Å². The Balaban J connectivity index is 1.37. The highest BCUT2D eigenvalue weighted by Crippen LogP contribution is 2.67. The third kappa shape index (κ3) is 4.34. The molecule has 0 aliphatic heterocycles. The van der Waals surface area contributed by atoms with E-state index < -0.39 is 0 Å². The van der Waals surface area contributed by atoms with Crippen LogP contribution in [-0.2, 0) is 14.3 Å². The maximum absolute atomic E-state index is 12.1. The van der Waals surface area contributed by atoms with Crippen LogP contribution in [0.2, 0.25) is 0 Å². The van der Waals surface area contributed by atoms with Crippen LogP contribution in [-0.4, -0.2) is 18.4 Å². The fraction of sp³-hybridized carbons (Fsp3) is 0.862. The van der Waals surface area contributed by atoms with E-state index >= 15 is 0 Å². The highest BCUT2D eigenvalue weighted by atomic mass is 16.5. The molecule has 0 bridgehead atoms. The number of hydrogen-bond donors (Lipinski definition) is 0. The predicted molar refractivity (Wildman–Crippen MR) is 129 cm³/mol. The Morgan fingerprint density at radius 3 is 2.59 bits per heavy atom. The molecule has 0 saturated heterocycles. The van der Waals surface area contributed by atoms with Crippen molar-refractivity contribution < 1.29 is 14.3 Å². The highest BCUT2D eigenvalue weighted by Gasteiger charge is 2.59. The number of allylic oxidation sites excluding steroid dienone is 1. The van der Waals surface area contributed by atoms with Crippen molar-refractivity contribution in [2.24, 2.45) is 46.3 Å². The molecule has 3 saturated carbocycles. The molecule has 0 spiro atoms. The van der Waals surface area contributed by atoms with Gasteiger partial charge in [0.2, 0.25) is 0 Å². The first-order valence-electron chi connectivity index (χ1n) is 13.5. The molecule has 4 rings (SSSR count). The van der Waals surface area contributed by atoms with Crippen LogP contribution in [0.3, 0.4) is 0 Å². The zero-order chi connectivity index (χ0) is 23.1. The molecule has 0 heterocycles. The molecule has 3 fully saturated rings. The van der Waals surface area contributed by atoms with Crippen molar-refractivity contribution in [3.8, 4) is 0 Å². The minimum Gasteiger partial charge on any atom is -0.466 e. The maximum Gasteiger partial charge on any atom is 0.302 e. The van der Waals surface area contributed by atoms with Crippen molar-refractivity contribution in [3.63, 3.8) is 0 Å².